The van der Waals surface area contributed by atoms with Gasteiger partial charge in [-0.2, -0.15) is 0 Å². The van der Waals surface area contributed by atoms with Crippen LogP contribution in [-0.4, -0.2) is 144 Å². The van der Waals surface area contributed by atoms with Crippen LogP contribution < -0.4 is 30.3 Å². The predicted octanol–water partition coefficient (Wildman–Crippen LogP) is 5.37. The Balaban J connectivity index is 0.720. The molecule has 4 N–H and O–H groups in total. The van der Waals surface area contributed by atoms with Crippen molar-refractivity contribution in [2.24, 2.45) is 5.41 Å². The molecule has 0 spiro atoms. The van der Waals surface area contributed by atoms with E-state index in [9.17, 15) is 29.1 Å². The molecule has 2 saturated heterocycles. The monoisotopic (exact) mass is 1040 g/mol. The number of nitrogens with one attached hydrogen (secondary N) is 3. The standard InChI is InChI=1S/C53H62N12O9S/c1-31(2)74-52(71)64-17-18-72-50-41(64)19-37(22-57-50)36-11-12-43-59-42(27-63(43)25-36)60-44(67)28-62-15-13-35(14-16-62)48-54-23-39(24-55-48)73-29-45(68)61-47(53(4,5)6)51(70)65-26-38(66)20-40(65)49(69)56-21-33-7-9-34(10-8-33)46-32(3)58-30-75-46/h7-12,19,22-25,27,30-31,35,38,40,47,66H,13-18,20-21,26,28-29H2,1-6H3,(H,56,69)(H,60,67)(H,61,68)/t38-,40+,47-/m1/s1. The number of anilines is 2. The topological polar surface area (TPSA) is 248 Å². The SMILES string of the molecule is Cc1ncsc1-c1ccc(CNC(=O)[C@@H]2C[C@@H](O)CN2C(=O)[C@@H](NC(=O)COc2cnc(C3CCN(CC(=O)Nc4cn5cc(-c6cnc7c(c6)N(C(=O)OC(C)C)CCO7)ccc5n4)CC3)nc2)C(C)(C)C)cc1. The summed E-state index contributed by atoms with van der Waals surface area (Å²) in [5, 5.41) is 19.3. The third kappa shape index (κ3) is 12.5. The summed E-state index contributed by atoms with van der Waals surface area (Å²) in [6.07, 6.45) is 8.26. The molecule has 3 atom stereocenters. The second-order valence-corrected chi connectivity index (χ2v) is 21.3. The van der Waals surface area contributed by atoms with Gasteiger partial charge in [-0.15, -0.1) is 11.3 Å². The Kier molecular flexibility index (Phi) is 15.7. The van der Waals surface area contributed by atoms with Crippen LogP contribution >= 0.6 is 11.3 Å². The molecule has 8 heterocycles. The van der Waals surface area contributed by atoms with Crippen molar-refractivity contribution in [3.05, 3.63) is 96.0 Å². The number of aromatic nitrogens is 6. The maximum absolute atomic E-state index is 14.1. The smallest absolute Gasteiger partial charge is 0.414 e. The van der Waals surface area contributed by atoms with E-state index in [2.05, 4.69) is 45.8 Å². The second-order valence-electron chi connectivity index (χ2n) is 20.4. The van der Waals surface area contributed by atoms with Gasteiger partial charge in [0.25, 0.3) is 5.91 Å². The number of carbonyl (C=O) groups excluding carboxylic acids is 5. The number of pyridine rings is 2. The summed E-state index contributed by atoms with van der Waals surface area (Å²) in [6, 6.07) is 11.5. The van der Waals surface area contributed by atoms with Crippen LogP contribution in [0.5, 0.6) is 11.6 Å². The normalized spacial score (nSPS) is 17.5. The number of hydrogen-bond acceptors (Lipinski definition) is 16. The Hall–Kier alpha value is -7.56. The van der Waals surface area contributed by atoms with Gasteiger partial charge < -0.3 is 44.6 Å². The lowest BCUT2D eigenvalue weighted by molar-refractivity contribution is -0.144. The Bertz CT molecular complexity index is 3040. The molecule has 21 nitrogen and oxygen atoms in total. The lowest BCUT2D eigenvalue weighted by Crippen LogP contribution is -2.58. The number of aliphatic hydroxyl groups is 1. The highest BCUT2D eigenvalue weighted by Gasteiger charge is 2.44. The van der Waals surface area contributed by atoms with Crippen molar-refractivity contribution in [1.29, 1.82) is 0 Å². The quantitative estimate of drug-likeness (QED) is 0.101. The van der Waals surface area contributed by atoms with Crippen molar-refractivity contribution >= 4 is 58.2 Å². The molecular weight excluding hydrogens is 981 g/mol. The highest BCUT2D eigenvalue weighted by molar-refractivity contribution is 7.13. The Morgan fingerprint density at radius 1 is 0.907 bits per heavy atom. The van der Waals surface area contributed by atoms with Crippen LogP contribution in [0.25, 0.3) is 27.2 Å². The molecule has 0 radical (unpaired) electrons. The molecule has 22 heteroatoms. The van der Waals surface area contributed by atoms with E-state index in [1.807, 2.05) is 80.8 Å². The molecule has 3 aliphatic heterocycles. The molecule has 75 heavy (non-hydrogen) atoms. The fraction of sp³-hybridized carbons (Fsp3) is 0.434. The molecule has 2 fully saturated rings. The Labute approximate surface area is 438 Å². The lowest BCUT2D eigenvalue weighted by Gasteiger charge is -2.35. The molecule has 394 valence electrons. The number of rotatable bonds is 15. The summed E-state index contributed by atoms with van der Waals surface area (Å²) in [5.41, 5.74) is 6.69. The summed E-state index contributed by atoms with van der Waals surface area (Å²) in [7, 11) is 0. The van der Waals surface area contributed by atoms with E-state index in [0.717, 1.165) is 45.7 Å². The number of ether oxygens (including phenoxy) is 3. The van der Waals surface area contributed by atoms with E-state index in [-0.39, 0.29) is 49.7 Å². The van der Waals surface area contributed by atoms with E-state index in [4.69, 9.17) is 14.2 Å². The zero-order valence-corrected chi connectivity index (χ0v) is 43.6. The summed E-state index contributed by atoms with van der Waals surface area (Å²) in [4.78, 5) is 95.5. The number of aryl methyl sites for hydroxylation is 1. The first-order valence-corrected chi connectivity index (χ1v) is 26.0. The number of thiazole rings is 1. The van der Waals surface area contributed by atoms with E-state index in [1.54, 1.807) is 43.1 Å². The van der Waals surface area contributed by atoms with Crippen LogP contribution in [0.3, 0.4) is 0 Å². The van der Waals surface area contributed by atoms with Gasteiger partial charge in [0.15, 0.2) is 18.2 Å². The highest BCUT2D eigenvalue weighted by Crippen LogP contribution is 2.35. The first kappa shape index (κ1) is 52.3. The molecule has 0 saturated carbocycles. The van der Waals surface area contributed by atoms with Gasteiger partial charge in [0.1, 0.15) is 35.8 Å². The summed E-state index contributed by atoms with van der Waals surface area (Å²) in [5.74, 6) is 0.141. The third-order valence-electron chi connectivity index (χ3n) is 13.3. The second kappa shape index (κ2) is 22.5. The van der Waals surface area contributed by atoms with Gasteiger partial charge in [-0.1, -0.05) is 45.0 Å². The van der Waals surface area contributed by atoms with Crippen LogP contribution in [0.15, 0.2) is 79.0 Å². The number of amides is 5. The van der Waals surface area contributed by atoms with Crippen molar-refractivity contribution < 1.29 is 43.3 Å². The molecular formula is C53H62N12O9S. The zero-order chi connectivity index (χ0) is 53.0. The Morgan fingerprint density at radius 2 is 1.65 bits per heavy atom. The summed E-state index contributed by atoms with van der Waals surface area (Å²) < 4.78 is 18.7. The van der Waals surface area contributed by atoms with Crippen LogP contribution in [0.2, 0.25) is 0 Å². The van der Waals surface area contributed by atoms with Crippen molar-refractivity contribution in [1.82, 2.24) is 49.8 Å². The molecule has 3 aliphatic rings. The van der Waals surface area contributed by atoms with Crippen LogP contribution in [-0.2, 0) is 30.5 Å². The van der Waals surface area contributed by atoms with Gasteiger partial charge in [-0.25, -0.2) is 29.7 Å². The van der Waals surface area contributed by atoms with Crippen molar-refractivity contribution in [3.63, 3.8) is 0 Å². The van der Waals surface area contributed by atoms with Gasteiger partial charge in [0.05, 0.1) is 60.0 Å². The van der Waals surface area contributed by atoms with Gasteiger partial charge in [-0.05, 0) is 81.4 Å². The van der Waals surface area contributed by atoms with Gasteiger partial charge >= 0.3 is 6.09 Å². The number of benzene rings is 1. The maximum atomic E-state index is 14.1. The van der Waals surface area contributed by atoms with Crippen molar-refractivity contribution in [2.75, 3.05) is 56.2 Å². The Morgan fingerprint density at radius 3 is 2.36 bits per heavy atom. The van der Waals surface area contributed by atoms with Crippen LogP contribution in [0.1, 0.15) is 76.9 Å². The number of carbonyl (C=O) groups is 5. The fourth-order valence-electron chi connectivity index (χ4n) is 9.41. The largest absolute Gasteiger partial charge is 0.481 e. The average Bonchev–Trinajstić information content (AvgIpc) is 4.13. The summed E-state index contributed by atoms with van der Waals surface area (Å²) in [6.45, 7) is 12.9. The number of hydrogen-bond donors (Lipinski definition) is 4. The number of nitrogens with zero attached hydrogens (tertiary/aromatic N) is 9. The maximum Gasteiger partial charge on any atom is 0.414 e. The molecule has 9 rings (SSSR count). The summed E-state index contributed by atoms with van der Waals surface area (Å²) >= 11 is 1.57. The molecule has 5 amide bonds. The first-order chi connectivity index (χ1) is 35.9. The van der Waals surface area contributed by atoms with Crippen LogP contribution in [0, 0.1) is 12.3 Å². The van der Waals surface area contributed by atoms with E-state index < -0.39 is 54.0 Å². The number of aliphatic hydroxyl groups excluding tert-OH is 1. The predicted molar refractivity (Wildman–Crippen MR) is 279 cm³/mol. The molecule has 0 bridgehead atoms. The molecule has 6 aromatic rings. The van der Waals surface area contributed by atoms with E-state index in [0.29, 0.717) is 55.1 Å². The van der Waals surface area contributed by atoms with Gasteiger partial charge in [0, 0.05) is 48.9 Å². The molecule has 0 unspecified atom stereocenters. The van der Waals surface area contributed by atoms with Gasteiger partial charge in [0.2, 0.25) is 23.6 Å². The molecule has 1 aromatic carbocycles. The minimum Gasteiger partial charge on any atom is -0.481 e. The third-order valence-corrected chi connectivity index (χ3v) is 14.3. The van der Waals surface area contributed by atoms with Gasteiger partial charge in [-0.3, -0.25) is 29.0 Å². The van der Waals surface area contributed by atoms with Crippen molar-refractivity contribution in [3.8, 4) is 33.2 Å². The number of imidazole rings is 1. The van der Waals surface area contributed by atoms with Crippen molar-refractivity contribution in [2.45, 2.75) is 97.6 Å². The average molecular weight is 1040 g/mol. The number of β-amino-alcohol motifs (C(OH)–C–C–N with tert-alkyl or cyclic N) is 1. The highest BCUT2D eigenvalue weighted by atomic mass is 32.1. The number of fused-ring (bicyclic) bond motifs is 2. The molecule has 0 aliphatic carbocycles. The molecule has 5 aromatic heterocycles. The minimum absolute atomic E-state index is 0.0430. The fourth-order valence-corrected chi connectivity index (χ4v) is 10.2. The first-order valence-electron chi connectivity index (χ1n) is 25.1. The number of piperidine rings is 1. The zero-order valence-electron chi connectivity index (χ0n) is 42.8. The van der Waals surface area contributed by atoms with E-state index >= 15 is 0 Å². The van der Waals surface area contributed by atoms with E-state index in [1.165, 1.54) is 22.2 Å². The lowest BCUT2D eigenvalue weighted by atomic mass is 9.85. The number of likely N-dealkylation sites (tertiary alicyclic amines) is 2. The van der Waals surface area contributed by atoms with Crippen LogP contribution in [0.4, 0.5) is 16.3 Å². The minimum atomic E-state index is -1.02.